The Labute approximate surface area is 70.8 Å². The molecule has 0 aromatic carbocycles. The SMILES string of the molecule is NC1CCCN(C2=CN=[N+]O2)C1. The third-order valence-corrected chi connectivity index (χ3v) is 2.12. The molecule has 2 aliphatic rings. The van der Waals surface area contributed by atoms with Crippen molar-refractivity contribution in [2.75, 3.05) is 13.1 Å². The van der Waals surface area contributed by atoms with Gasteiger partial charge in [0.1, 0.15) is 5.11 Å². The summed E-state index contributed by atoms with van der Waals surface area (Å²) in [4.78, 5) is 7.01. The van der Waals surface area contributed by atoms with E-state index in [4.69, 9.17) is 10.6 Å². The first kappa shape index (κ1) is 7.54. The number of nitrogens with two attached hydrogens (primary N) is 1. The van der Waals surface area contributed by atoms with Crippen LogP contribution in [0.1, 0.15) is 12.8 Å². The van der Waals surface area contributed by atoms with Crippen LogP contribution in [0, 0.1) is 0 Å². The molecule has 0 saturated carbocycles. The molecule has 1 radical (unpaired) electrons. The second-order valence-electron chi connectivity index (χ2n) is 3.10. The van der Waals surface area contributed by atoms with Crippen molar-refractivity contribution in [3.05, 3.63) is 12.1 Å². The van der Waals surface area contributed by atoms with Crippen molar-refractivity contribution in [3.63, 3.8) is 0 Å². The third kappa shape index (κ3) is 1.40. The average molecular weight is 168 g/mol. The fraction of sp³-hybridized carbons (Fsp3) is 0.714. The molecule has 0 aromatic heterocycles. The summed E-state index contributed by atoms with van der Waals surface area (Å²) in [6.07, 6.45) is 3.83. The minimum Gasteiger partial charge on any atom is -0.334 e. The molecule has 0 aromatic rings. The molecule has 2 rings (SSSR count). The van der Waals surface area contributed by atoms with E-state index in [-0.39, 0.29) is 6.04 Å². The maximum absolute atomic E-state index is 5.81. The molecule has 2 heterocycles. The normalized spacial score (nSPS) is 28.6. The molecule has 12 heavy (non-hydrogen) atoms. The van der Waals surface area contributed by atoms with Gasteiger partial charge in [0.25, 0.3) is 0 Å². The summed E-state index contributed by atoms with van der Waals surface area (Å²) in [5.41, 5.74) is 5.81. The monoisotopic (exact) mass is 168 g/mol. The van der Waals surface area contributed by atoms with Crippen LogP contribution in [0.5, 0.6) is 0 Å². The summed E-state index contributed by atoms with van der Waals surface area (Å²) in [6.45, 7) is 1.83. The molecular formula is C7H12N4O+. The van der Waals surface area contributed by atoms with Gasteiger partial charge in [0.05, 0.1) is 0 Å². The molecule has 2 N–H and O–H groups in total. The van der Waals surface area contributed by atoms with E-state index < -0.39 is 0 Å². The van der Waals surface area contributed by atoms with Gasteiger partial charge in [0, 0.05) is 19.1 Å². The molecule has 0 amide bonds. The Hall–Kier alpha value is -1.10. The van der Waals surface area contributed by atoms with Crippen molar-refractivity contribution in [2.24, 2.45) is 10.8 Å². The number of likely N-dealkylation sites (tertiary alicyclic amines) is 1. The molecule has 1 atom stereocenters. The first-order chi connectivity index (χ1) is 5.86. The van der Waals surface area contributed by atoms with Gasteiger partial charge in [-0.2, -0.15) is 0 Å². The van der Waals surface area contributed by atoms with Crippen molar-refractivity contribution in [1.29, 1.82) is 0 Å². The largest absolute Gasteiger partial charge is 0.469 e. The highest BCUT2D eigenvalue weighted by atomic mass is 16.7. The Morgan fingerprint density at radius 3 is 3.33 bits per heavy atom. The van der Waals surface area contributed by atoms with E-state index in [0.29, 0.717) is 0 Å². The van der Waals surface area contributed by atoms with Crippen molar-refractivity contribution in [3.8, 4) is 0 Å². The number of hydrogen-bond donors (Lipinski definition) is 1. The minimum absolute atomic E-state index is 0.254. The smallest absolute Gasteiger partial charge is 0.334 e. The molecule has 1 unspecified atom stereocenters. The Morgan fingerprint density at radius 2 is 2.67 bits per heavy atom. The van der Waals surface area contributed by atoms with Crippen LogP contribution in [-0.4, -0.2) is 24.0 Å². The Balaban J connectivity index is 1.95. The van der Waals surface area contributed by atoms with Crippen LogP contribution in [-0.2, 0) is 4.84 Å². The Bertz CT molecular complexity index is 225. The second kappa shape index (κ2) is 3.10. The van der Waals surface area contributed by atoms with Crippen molar-refractivity contribution in [2.45, 2.75) is 18.9 Å². The zero-order valence-electron chi connectivity index (χ0n) is 6.81. The van der Waals surface area contributed by atoms with Gasteiger partial charge < -0.3 is 10.6 Å². The van der Waals surface area contributed by atoms with Crippen LogP contribution in [0.3, 0.4) is 0 Å². The van der Waals surface area contributed by atoms with Gasteiger partial charge in [-0.25, -0.2) is 0 Å². The quantitative estimate of drug-likeness (QED) is 0.596. The predicted molar refractivity (Wildman–Crippen MR) is 42.5 cm³/mol. The summed E-state index contributed by atoms with van der Waals surface area (Å²) in [6, 6.07) is 0.254. The lowest BCUT2D eigenvalue weighted by molar-refractivity contribution is 0.0710. The van der Waals surface area contributed by atoms with Crippen LogP contribution in [0.25, 0.3) is 0 Å². The summed E-state index contributed by atoms with van der Waals surface area (Å²) in [5, 5.41) is 7.04. The molecule has 0 spiro atoms. The van der Waals surface area contributed by atoms with E-state index >= 15 is 0 Å². The van der Waals surface area contributed by atoms with Crippen molar-refractivity contribution >= 4 is 0 Å². The standard InChI is InChI=1S/C7H12N4O/c8-6-2-1-3-11(5-6)7-4-9-10-12-7/h4,6H,1-3,5,8H2/q+1. The van der Waals surface area contributed by atoms with E-state index in [1.165, 1.54) is 0 Å². The lowest BCUT2D eigenvalue weighted by Gasteiger charge is -2.29. The van der Waals surface area contributed by atoms with Crippen molar-refractivity contribution < 1.29 is 4.84 Å². The van der Waals surface area contributed by atoms with Crippen LogP contribution >= 0.6 is 0 Å². The van der Waals surface area contributed by atoms with Gasteiger partial charge in [-0.3, -0.25) is 0 Å². The van der Waals surface area contributed by atoms with Crippen LogP contribution in [0.4, 0.5) is 0 Å². The zero-order valence-corrected chi connectivity index (χ0v) is 6.81. The van der Waals surface area contributed by atoms with Crippen molar-refractivity contribution in [1.82, 2.24) is 10.2 Å². The first-order valence-electron chi connectivity index (χ1n) is 4.14. The topological polar surface area (TPSA) is 65.0 Å². The zero-order chi connectivity index (χ0) is 8.39. The number of hydrogen-bond acceptors (Lipinski definition) is 5. The highest BCUT2D eigenvalue weighted by molar-refractivity contribution is 4.95. The number of piperidine rings is 1. The second-order valence-corrected chi connectivity index (χ2v) is 3.10. The molecule has 1 fully saturated rings. The van der Waals surface area contributed by atoms with Crippen LogP contribution < -0.4 is 11.0 Å². The van der Waals surface area contributed by atoms with Gasteiger partial charge in [-0.15, -0.1) is 4.84 Å². The third-order valence-electron chi connectivity index (χ3n) is 2.12. The first-order valence-corrected chi connectivity index (χ1v) is 4.14. The molecule has 0 aliphatic carbocycles. The van der Waals surface area contributed by atoms with Crippen LogP contribution in [0.15, 0.2) is 17.2 Å². The summed E-state index contributed by atoms with van der Waals surface area (Å²) < 4.78 is 0. The predicted octanol–water partition coefficient (Wildman–Crippen LogP) is -0.0584. The van der Waals surface area contributed by atoms with Gasteiger partial charge in [-0.05, 0) is 12.8 Å². The Kier molecular flexibility index (Phi) is 1.95. The van der Waals surface area contributed by atoms with Gasteiger partial charge in [0.2, 0.25) is 0 Å². The number of nitrogens with zero attached hydrogens (tertiary/aromatic N) is 3. The molecule has 0 bridgehead atoms. The fourth-order valence-corrected chi connectivity index (χ4v) is 1.51. The fourth-order valence-electron chi connectivity index (χ4n) is 1.51. The average Bonchev–Trinajstić information content (AvgIpc) is 2.56. The highest BCUT2D eigenvalue weighted by Crippen LogP contribution is 2.15. The maximum Gasteiger partial charge on any atom is 0.469 e. The van der Waals surface area contributed by atoms with Gasteiger partial charge in [0.15, 0.2) is 6.20 Å². The highest BCUT2D eigenvalue weighted by Gasteiger charge is 2.26. The van der Waals surface area contributed by atoms with Gasteiger partial charge in [-0.1, -0.05) is 0 Å². The molecule has 5 heteroatoms. The molecule has 5 nitrogen and oxygen atoms in total. The van der Waals surface area contributed by atoms with E-state index in [1.807, 2.05) is 0 Å². The lowest BCUT2D eigenvalue weighted by Crippen LogP contribution is -2.42. The van der Waals surface area contributed by atoms with E-state index in [1.54, 1.807) is 6.20 Å². The Morgan fingerprint density at radius 1 is 1.75 bits per heavy atom. The summed E-state index contributed by atoms with van der Waals surface area (Å²) in [7, 11) is 0. The molecule has 1 saturated heterocycles. The summed E-state index contributed by atoms with van der Waals surface area (Å²) in [5.74, 6) is 0.727. The van der Waals surface area contributed by atoms with Gasteiger partial charge >= 0.3 is 11.2 Å². The van der Waals surface area contributed by atoms with Crippen LogP contribution in [0.2, 0.25) is 0 Å². The lowest BCUT2D eigenvalue weighted by atomic mass is 10.1. The summed E-state index contributed by atoms with van der Waals surface area (Å²) >= 11 is 0. The number of rotatable bonds is 1. The molecular weight excluding hydrogens is 156 g/mol. The molecule has 2 aliphatic heterocycles. The van der Waals surface area contributed by atoms with E-state index in [2.05, 4.69) is 15.3 Å². The molecule has 65 valence electrons. The van der Waals surface area contributed by atoms with E-state index in [0.717, 1.165) is 31.8 Å². The van der Waals surface area contributed by atoms with E-state index in [9.17, 15) is 0 Å². The maximum atomic E-state index is 5.81. The minimum atomic E-state index is 0.254.